The number of para-hydroxylation sites is 1. The third-order valence-electron chi connectivity index (χ3n) is 2.17. The largest absolute Gasteiger partial charge is 0.291 e. The number of nitro groups is 1. The van der Waals surface area contributed by atoms with Gasteiger partial charge in [-0.05, 0) is 19.4 Å². The minimum absolute atomic E-state index is 0.251. The second-order valence-corrected chi connectivity index (χ2v) is 6.51. The lowest BCUT2D eigenvalue weighted by Crippen LogP contribution is -2.08. The quantitative estimate of drug-likeness (QED) is 0.480. The Hall–Kier alpha value is -1.14. The summed E-state index contributed by atoms with van der Waals surface area (Å²) in [5.41, 5.74) is -0.0390. The zero-order valence-electron chi connectivity index (χ0n) is 9.38. The van der Waals surface area contributed by atoms with Crippen LogP contribution in [-0.4, -0.2) is 25.0 Å². The molecule has 0 N–H and O–H groups in total. The number of benzene rings is 1. The van der Waals surface area contributed by atoms with Gasteiger partial charge in [-0.15, -0.1) is 11.6 Å². The Morgan fingerprint density at radius 2 is 2.06 bits per heavy atom. The molecule has 1 rings (SSSR count). The zero-order valence-corrected chi connectivity index (χ0v) is 11.0. The van der Waals surface area contributed by atoms with Crippen molar-refractivity contribution in [3.05, 3.63) is 33.9 Å². The van der Waals surface area contributed by atoms with Gasteiger partial charge in [0, 0.05) is 17.2 Å². The molecule has 0 aliphatic heterocycles. The average molecular weight is 278 g/mol. The Balaban J connectivity index is 3.49. The number of halogens is 1. The number of alkyl halides is 1. The molecule has 1 aromatic rings. The van der Waals surface area contributed by atoms with Crippen LogP contribution < -0.4 is 0 Å². The summed E-state index contributed by atoms with van der Waals surface area (Å²) in [6.45, 7) is 1.69. The van der Waals surface area contributed by atoms with Crippen molar-refractivity contribution in [2.45, 2.75) is 23.6 Å². The van der Waals surface area contributed by atoms with Crippen molar-refractivity contribution in [3.63, 3.8) is 0 Å². The van der Waals surface area contributed by atoms with Gasteiger partial charge < -0.3 is 0 Å². The normalized spacial score (nSPS) is 13.4. The molecule has 0 aliphatic rings. The van der Waals surface area contributed by atoms with Crippen molar-refractivity contribution < 1.29 is 13.3 Å². The van der Waals surface area contributed by atoms with E-state index in [0.29, 0.717) is 5.56 Å². The van der Waals surface area contributed by atoms with E-state index in [4.69, 9.17) is 11.6 Å². The van der Waals surface area contributed by atoms with E-state index in [1.165, 1.54) is 18.2 Å². The maximum atomic E-state index is 11.5. The average Bonchev–Trinajstić information content (AvgIpc) is 2.14. The van der Waals surface area contributed by atoms with E-state index < -0.39 is 14.8 Å². The summed E-state index contributed by atoms with van der Waals surface area (Å²) in [7, 11) is -3.62. The second-order valence-electron chi connectivity index (χ2n) is 3.78. The van der Waals surface area contributed by atoms with Crippen molar-refractivity contribution in [1.82, 2.24) is 0 Å². The molecule has 0 fully saturated rings. The fourth-order valence-electron chi connectivity index (χ4n) is 1.54. The number of rotatable bonds is 4. The van der Waals surface area contributed by atoms with Crippen molar-refractivity contribution in [2.75, 3.05) is 6.26 Å². The number of nitrogens with zero attached hydrogens (tertiary/aromatic N) is 1. The van der Waals surface area contributed by atoms with Crippen molar-refractivity contribution in [3.8, 4) is 0 Å². The Morgan fingerprint density at radius 1 is 1.47 bits per heavy atom. The molecule has 1 aromatic carbocycles. The van der Waals surface area contributed by atoms with E-state index in [-0.39, 0.29) is 22.4 Å². The summed E-state index contributed by atoms with van der Waals surface area (Å²) in [4.78, 5) is 10.0. The van der Waals surface area contributed by atoms with Crippen LogP contribution in [-0.2, 0) is 16.3 Å². The van der Waals surface area contributed by atoms with Crippen LogP contribution in [0.4, 0.5) is 5.69 Å². The lowest BCUT2D eigenvalue weighted by atomic mass is 10.1. The van der Waals surface area contributed by atoms with Crippen molar-refractivity contribution >= 4 is 27.1 Å². The van der Waals surface area contributed by atoms with Crippen LogP contribution in [0.15, 0.2) is 23.1 Å². The molecule has 1 atom stereocenters. The minimum Gasteiger partial charge on any atom is -0.258 e. The topological polar surface area (TPSA) is 77.3 Å². The summed E-state index contributed by atoms with van der Waals surface area (Å²) in [5.74, 6) is 0. The van der Waals surface area contributed by atoms with E-state index in [1.807, 2.05) is 0 Å². The zero-order chi connectivity index (χ0) is 13.2. The molecule has 0 bridgehead atoms. The van der Waals surface area contributed by atoms with Gasteiger partial charge in [0.15, 0.2) is 9.84 Å². The lowest BCUT2D eigenvalue weighted by Gasteiger charge is -2.07. The van der Waals surface area contributed by atoms with Gasteiger partial charge in [-0.3, -0.25) is 10.1 Å². The molecule has 0 amide bonds. The predicted octanol–water partition coefficient (Wildman–Crippen LogP) is 2.17. The predicted molar refractivity (Wildman–Crippen MR) is 65.2 cm³/mol. The van der Waals surface area contributed by atoms with Gasteiger partial charge in [0.1, 0.15) is 4.90 Å². The van der Waals surface area contributed by atoms with Crippen molar-refractivity contribution in [2.24, 2.45) is 0 Å². The first-order chi connectivity index (χ1) is 7.73. The van der Waals surface area contributed by atoms with Crippen LogP contribution in [0.3, 0.4) is 0 Å². The highest BCUT2D eigenvalue weighted by molar-refractivity contribution is 7.90. The SMILES string of the molecule is CC(Cl)Cc1cccc(S(C)(=O)=O)c1[N+](=O)[O-]. The molecule has 17 heavy (non-hydrogen) atoms. The molecular weight excluding hydrogens is 266 g/mol. The molecule has 0 saturated carbocycles. The summed E-state index contributed by atoms with van der Waals surface area (Å²) in [6.07, 6.45) is 1.20. The highest BCUT2D eigenvalue weighted by Crippen LogP contribution is 2.29. The Kier molecular flexibility index (Phi) is 4.11. The number of nitro benzene ring substituents is 1. The molecule has 0 saturated heterocycles. The molecule has 5 nitrogen and oxygen atoms in total. The Morgan fingerprint density at radius 3 is 2.47 bits per heavy atom. The number of hydrogen-bond donors (Lipinski definition) is 0. The number of sulfone groups is 1. The molecule has 7 heteroatoms. The van der Waals surface area contributed by atoms with Gasteiger partial charge in [0.25, 0.3) is 5.69 Å². The van der Waals surface area contributed by atoms with Crippen LogP contribution >= 0.6 is 11.6 Å². The maximum Gasteiger partial charge on any atom is 0.291 e. The van der Waals surface area contributed by atoms with Crippen LogP contribution in [0, 0.1) is 10.1 Å². The highest BCUT2D eigenvalue weighted by atomic mass is 35.5. The Bertz CT molecular complexity index is 539. The molecule has 0 aromatic heterocycles. The monoisotopic (exact) mass is 277 g/mol. The molecular formula is C10H12ClNO4S. The van der Waals surface area contributed by atoms with Gasteiger partial charge >= 0.3 is 0 Å². The summed E-state index contributed by atoms with van der Waals surface area (Å²) < 4.78 is 22.9. The molecule has 94 valence electrons. The minimum atomic E-state index is -3.62. The smallest absolute Gasteiger partial charge is 0.258 e. The summed E-state index contributed by atoms with van der Waals surface area (Å²) >= 11 is 5.78. The van der Waals surface area contributed by atoms with Crippen LogP contribution in [0.25, 0.3) is 0 Å². The molecule has 1 unspecified atom stereocenters. The highest BCUT2D eigenvalue weighted by Gasteiger charge is 2.26. The van der Waals surface area contributed by atoms with Crippen LogP contribution in [0.5, 0.6) is 0 Å². The fourth-order valence-corrected chi connectivity index (χ4v) is 2.59. The Labute approximate surface area is 104 Å². The third-order valence-corrected chi connectivity index (χ3v) is 3.45. The van der Waals surface area contributed by atoms with E-state index in [9.17, 15) is 18.5 Å². The fraction of sp³-hybridized carbons (Fsp3) is 0.400. The number of hydrogen-bond acceptors (Lipinski definition) is 4. The molecule has 0 aliphatic carbocycles. The summed E-state index contributed by atoms with van der Waals surface area (Å²) in [5, 5.41) is 10.7. The van der Waals surface area contributed by atoms with Gasteiger partial charge in [-0.1, -0.05) is 12.1 Å². The van der Waals surface area contributed by atoms with E-state index >= 15 is 0 Å². The lowest BCUT2D eigenvalue weighted by molar-refractivity contribution is -0.388. The molecule has 0 radical (unpaired) electrons. The summed E-state index contributed by atoms with van der Waals surface area (Å²) in [6, 6.07) is 4.24. The maximum absolute atomic E-state index is 11.5. The van der Waals surface area contributed by atoms with E-state index in [1.54, 1.807) is 6.92 Å². The van der Waals surface area contributed by atoms with Crippen LogP contribution in [0.1, 0.15) is 12.5 Å². The van der Waals surface area contributed by atoms with Gasteiger partial charge in [-0.2, -0.15) is 0 Å². The first-order valence-electron chi connectivity index (χ1n) is 4.84. The molecule has 0 spiro atoms. The van der Waals surface area contributed by atoms with Gasteiger partial charge in [-0.25, -0.2) is 8.42 Å². The van der Waals surface area contributed by atoms with Crippen molar-refractivity contribution in [1.29, 1.82) is 0 Å². The van der Waals surface area contributed by atoms with Gasteiger partial charge in [0.2, 0.25) is 0 Å². The standard InChI is InChI=1S/C10H12ClNO4S/c1-7(11)6-8-4-3-5-9(17(2,15)16)10(8)12(13)14/h3-5,7H,6H2,1-2H3. The van der Waals surface area contributed by atoms with Crippen LogP contribution in [0.2, 0.25) is 0 Å². The first kappa shape index (κ1) is 13.9. The molecule has 0 heterocycles. The third kappa shape index (κ3) is 3.41. The first-order valence-corrected chi connectivity index (χ1v) is 7.16. The second kappa shape index (κ2) is 5.01. The van der Waals surface area contributed by atoms with E-state index in [0.717, 1.165) is 6.26 Å². The van der Waals surface area contributed by atoms with E-state index in [2.05, 4.69) is 0 Å². The van der Waals surface area contributed by atoms with Gasteiger partial charge in [0.05, 0.1) is 4.92 Å².